The summed E-state index contributed by atoms with van der Waals surface area (Å²) in [6, 6.07) is -0.121. The van der Waals surface area contributed by atoms with Crippen LogP contribution in [0.5, 0.6) is 0 Å². The van der Waals surface area contributed by atoms with Gasteiger partial charge in [-0.3, -0.25) is 9.69 Å². The summed E-state index contributed by atoms with van der Waals surface area (Å²) in [6.45, 7) is 6.03. The molecule has 0 atom stereocenters. The summed E-state index contributed by atoms with van der Waals surface area (Å²) >= 11 is 0. The van der Waals surface area contributed by atoms with E-state index in [1.165, 1.54) is 4.90 Å². The molecule has 0 radical (unpaired) electrons. The number of hydrogen-bond donors (Lipinski definition) is 1. The van der Waals surface area contributed by atoms with E-state index < -0.39 is 17.7 Å². The van der Waals surface area contributed by atoms with E-state index in [0.29, 0.717) is 26.1 Å². The van der Waals surface area contributed by atoms with Gasteiger partial charge in [-0.15, -0.1) is 0 Å². The molecule has 1 amide bonds. The third kappa shape index (κ3) is 4.91. The van der Waals surface area contributed by atoms with Crippen molar-refractivity contribution in [1.82, 2.24) is 4.90 Å². The second-order valence-electron chi connectivity index (χ2n) is 5.35. The highest BCUT2D eigenvalue weighted by atomic mass is 16.6. The molecular weight excluding hydrogens is 238 g/mol. The lowest BCUT2D eigenvalue weighted by atomic mass is 10.1. The third-order valence-electron chi connectivity index (χ3n) is 2.57. The standard InChI is InChI=1S/C12H21NO5/c1-12(2,3)18-11(16)13(8-10(14)15)9-4-6-17-7-5-9/h9H,4-8H2,1-3H3,(H,14,15). The van der Waals surface area contributed by atoms with Crippen molar-refractivity contribution in [3.05, 3.63) is 0 Å². The maximum absolute atomic E-state index is 12.0. The van der Waals surface area contributed by atoms with Crippen molar-refractivity contribution in [2.24, 2.45) is 0 Å². The van der Waals surface area contributed by atoms with Gasteiger partial charge in [0.2, 0.25) is 0 Å². The summed E-state index contributed by atoms with van der Waals surface area (Å²) in [4.78, 5) is 24.1. The maximum atomic E-state index is 12.0. The van der Waals surface area contributed by atoms with Crippen LogP contribution in [0, 0.1) is 0 Å². The van der Waals surface area contributed by atoms with Crippen molar-refractivity contribution in [3.63, 3.8) is 0 Å². The Kier molecular flexibility index (Phi) is 4.95. The zero-order valence-corrected chi connectivity index (χ0v) is 11.1. The highest BCUT2D eigenvalue weighted by molar-refractivity contribution is 5.77. The molecule has 0 aromatic rings. The van der Waals surface area contributed by atoms with Gasteiger partial charge < -0.3 is 14.6 Å². The van der Waals surface area contributed by atoms with Crippen LogP contribution in [-0.4, -0.2) is 53.5 Å². The Hall–Kier alpha value is -1.30. The topological polar surface area (TPSA) is 76.1 Å². The predicted molar refractivity (Wildman–Crippen MR) is 64.4 cm³/mol. The van der Waals surface area contributed by atoms with Gasteiger partial charge in [0.15, 0.2) is 0 Å². The molecule has 0 saturated carbocycles. The molecule has 1 N–H and O–H groups in total. The average Bonchev–Trinajstić information content (AvgIpc) is 2.24. The Morgan fingerprint density at radius 1 is 1.33 bits per heavy atom. The van der Waals surface area contributed by atoms with E-state index in [1.54, 1.807) is 20.8 Å². The second-order valence-corrected chi connectivity index (χ2v) is 5.35. The van der Waals surface area contributed by atoms with Crippen LogP contribution in [0.25, 0.3) is 0 Å². The van der Waals surface area contributed by atoms with Gasteiger partial charge in [0.1, 0.15) is 12.1 Å². The average molecular weight is 259 g/mol. The molecule has 6 heteroatoms. The number of carbonyl (C=O) groups is 2. The minimum absolute atomic E-state index is 0.121. The first-order valence-corrected chi connectivity index (χ1v) is 6.09. The molecule has 104 valence electrons. The van der Waals surface area contributed by atoms with Gasteiger partial charge in [-0.05, 0) is 33.6 Å². The number of nitrogens with zero attached hydrogens (tertiary/aromatic N) is 1. The first-order valence-electron chi connectivity index (χ1n) is 6.09. The fraction of sp³-hybridized carbons (Fsp3) is 0.833. The van der Waals surface area contributed by atoms with E-state index in [4.69, 9.17) is 14.6 Å². The van der Waals surface area contributed by atoms with Gasteiger partial charge in [-0.1, -0.05) is 0 Å². The normalized spacial score (nSPS) is 17.3. The van der Waals surface area contributed by atoms with Crippen molar-refractivity contribution in [1.29, 1.82) is 0 Å². The molecule has 1 aliphatic heterocycles. The Balaban J connectivity index is 2.70. The lowest BCUT2D eigenvalue weighted by molar-refractivity contribution is -0.139. The summed E-state index contributed by atoms with van der Waals surface area (Å²) in [5.74, 6) is -1.03. The predicted octanol–water partition coefficient (Wildman–Crippen LogP) is 1.49. The van der Waals surface area contributed by atoms with Gasteiger partial charge in [0, 0.05) is 19.3 Å². The Bertz CT molecular complexity index is 304. The first-order chi connectivity index (χ1) is 8.29. The van der Waals surface area contributed by atoms with Crippen LogP contribution in [0.1, 0.15) is 33.6 Å². The lowest BCUT2D eigenvalue weighted by Crippen LogP contribution is -2.48. The van der Waals surface area contributed by atoms with Crippen LogP contribution in [-0.2, 0) is 14.3 Å². The lowest BCUT2D eigenvalue weighted by Gasteiger charge is -2.34. The molecule has 0 unspecified atom stereocenters. The molecule has 0 bridgehead atoms. The van der Waals surface area contributed by atoms with Gasteiger partial charge in [0.05, 0.1) is 0 Å². The molecule has 1 heterocycles. The molecule has 1 rings (SSSR count). The molecule has 1 aliphatic rings. The van der Waals surface area contributed by atoms with Crippen molar-refractivity contribution < 1.29 is 24.2 Å². The molecule has 0 aromatic heterocycles. The minimum atomic E-state index is -1.03. The number of rotatable bonds is 3. The fourth-order valence-electron chi connectivity index (χ4n) is 1.81. The number of amides is 1. The summed E-state index contributed by atoms with van der Waals surface area (Å²) in [5.41, 5.74) is -0.626. The SMILES string of the molecule is CC(C)(C)OC(=O)N(CC(=O)O)C1CCOCC1. The number of carboxylic acids is 1. The Labute approximate surface area is 107 Å². The van der Waals surface area contributed by atoms with Crippen LogP contribution < -0.4 is 0 Å². The highest BCUT2D eigenvalue weighted by Gasteiger charge is 2.31. The number of ether oxygens (including phenoxy) is 2. The Morgan fingerprint density at radius 3 is 2.33 bits per heavy atom. The maximum Gasteiger partial charge on any atom is 0.411 e. The van der Waals surface area contributed by atoms with Gasteiger partial charge in [-0.25, -0.2) is 4.79 Å². The van der Waals surface area contributed by atoms with E-state index in [0.717, 1.165) is 0 Å². The van der Waals surface area contributed by atoms with E-state index >= 15 is 0 Å². The third-order valence-corrected chi connectivity index (χ3v) is 2.57. The quantitative estimate of drug-likeness (QED) is 0.831. The van der Waals surface area contributed by atoms with E-state index in [2.05, 4.69) is 0 Å². The van der Waals surface area contributed by atoms with Crippen LogP contribution in [0.3, 0.4) is 0 Å². The molecule has 0 aromatic carbocycles. The highest BCUT2D eigenvalue weighted by Crippen LogP contribution is 2.18. The van der Waals surface area contributed by atoms with Crippen molar-refractivity contribution in [2.75, 3.05) is 19.8 Å². The molecular formula is C12H21NO5. The van der Waals surface area contributed by atoms with Crippen LogP contribution in [0.15, 0.2) is 0 Å². The zero-order valence-electron chi connectivity index (χ0n) is 11.1. The summed E-state index contributed by atoms with van der Waals surface area (Å²) < 4.78 is 10.4. The monoisotopic (exact) mass is 259 g/mol. The number of hydrogen-bond acceptors (Lipinski definition) is 4. The zero-order chi connectivity index (χ0) is 13.8. The van der Waals surface area contributed by atoms with E-state index in [9.17, 15) is 9.59 Å². The first kappa shape index (κ1) is 14.8. The number of aliphatic carboxylic acids is 1. The Morgan fingerprint density at radius 2 is 1.89 bits per heavy atom. The van der Waals surface area contributed by atoms with Crippen LogP contribution >= 0.6 is 0 Å². The molecule has 1 saturated heterocycles. The van der Waals surface area contributed by atoms with Crippen molar-refractivity contribution >= 4 is 12.1 Å². The summed E-state index contributed by atoms with van der Waals surface area (Å²) in [7, 11) is 0. The molecule has 0 spiro atoms. The van der Waals surface area contributed by atoms with Crippen LogP contribution in [0.2, 0.25) is 0 Å². The molecule has 18 heavy (non-hydrogen) atoms. The van der Waals surface area contributed by atoms with E-state index in [1.807, 2.05) is 0 Å². The largest absolute Gasteiger partial charge is 0.480 e. The fourth-order valence-corrected chi connectivity index (χ4v) is 1.81. The second kappa shape index (κ2) is 6.04. The summed E-state index contributed by atoms with van der Waals surface area (Å²) in [6.07, 6.45) is 0.718. The van der Waals surface area contributed by atoms with Crippen molar-refractivity contribution in [3.8, 4) is 0 Å². The smallest absolute Gasteiger partial charge is 0.411 e. The van der Waals surface area contributed by atoms with Gasteiger partial charge >= 0.3 is 12.1 Å². The molecule has 1 fully saturated rings. The number of carbonyl (C=O) groups excluding carboxylic acids is 1. The van der Waals surface area contributed by atoms with Gasteiger partial charge in [0.25, 0.3) is 0 Å². The minimum Gasteiger partial charge on any atom is -0.480 e. The van der Waals surface area contributed by atoms with Gasteiger partial charge in [-0.2, -0.15) is 0 Å². The summed E-state index contributed by atoms with van der Waals surface area (Å²) in [5, 5.41) is 8.88. The van der Waals surface area contributed by atoms with Crippen LogP contribution in [0.4, 0.5) is 4.79 Å². The van der Waals surface area contributed by atoms with Crippen molar-refractivity contribution in [2.45, 2.75) is 45.3 Å². The molecule has 0 aliphatic carbocycles. The molecule has 6 nitrogen and oxygen atoms in total. The van der Waals surface area contributed by atoms with E-state index in [-0.39, 0.29) is 12.6 Å². The number of carboxylic acid groups (broad SMARTS) is 1.